The summed E-state index contributed by atoms with van der Waals surface area (Å²) in [7, 11) is 1.33. The van der Waals surface area contributed by atoms with Crippen molar-refractivity contribution in [3.8, 4) is 17.0 Å². The van der Waals surface area contributed by atoms with Crippen LogP contribution in [-0.4, -0.2) is 12.1 Å². The molecule has 82 valence electrons. The Balaban J connectivity index is 2.50. The number of rotatable bonds is 2. The minimum absolute atomic E-state index is 0.0971. The minimum Gasteiger partial charge on any atom is -0.479 e. The largest absolute Gasteiger partial charge is 0.479 e. The second-order valence-corrected chi connectivity index (χ2v) is 3.19. The Morgan fingerprint density at radius 3 is 2.50 bits per heavy atom. The van der Waals surface area contributed by atoms with Gasteiger partial charge in [0.25, 0.3) is 0 Å². The Kier molecular flexibility index (Phi) is 2.81. The van der Waals surface area contributed by atoms with E-state index in [2.05, 4.69) is 9.72 Å². The second-order valence-electron chi connectivity index (χ2n) is 3.19. The predicted octanol–water partition coefficient (Wildman–Crippen LogP) is 3.04. The first-order valence-corrected chi connectivity index (χ1v) is 4.67. The van der Waals surface area contributed by atoms with Crippen molar-refractivity contribution < 1.29 is 13.5 Å². The van der Waals surface area contributed by atoms with Crippen molar-refractivity contribution in [2.75, 3.05) is 7.11 Å². The standard InChI is InChI=1S/C12H9F2NO/c1-16-12-11(14)6-8(7-15-12)9-4-2-3-5-10(9)13/h2-7H,1H3. The summed E-state index contributed by atoms with van der Waals surface area (Å²) in [6, 6.07) is 7.34. The van der Waals surface area contributed by atoms with E-state index in [1.165, 1.54) is 25.4 Å². The molecule has 1 heterocycles. The molecule has 2 nitrogen and oxygen atoms in total. The molecule has 0 aliphatic rings. The number of aromatic nitrogens is 1. The summed E-state index contributed by atoms with van der Waals surface area (Å²) in [5.74, 6) is -1.11. The molecule has 0 bridgehead atoms. The van der Waals surface area contributed by atoms with Crippen LogP contribution in [0.2, 0.25) is 0 Å². The van der Waals surface area contributed by atoms with Crippen molar-refractivity contribution in [1.29, 1.82) is 0 Å². The maximum Gasteiger partial charge on any atom is 0.250 e. The molecular weight excluding hydrogens is 212 g/mol. The molecular formula is C12H9F2NO. The monoisotopic (exact) mass is 221 g/mol. The predicted molar refractivity (Wildman–Crippen MR) is 56.1 cm³/mol. The summed E-state index contributed by atoms with van der Waals surface area (Å²) >= 11 is 0. The SMILES string of the molecule is COc1ncc(-c2ccccc2F)cc1F. The van der Waals surface area contributed by atoms with Gasteiger partial charge < -0.3 is 4.74 Å². The summed E-state index contributed by atoms with van der Waals surface area (Å²) in [5, 5.41) is 0. The highest BCUT2D eigenvalue weighted by atomic mass is 19.1. The molecule has 0 amide bonds. The van der Waals surface area contributed by atoms with Crippen LogP contribution in [0.5, 0.6) is 5.88 Å². The van der Waals surface area contributed by atoms with Gasteiger partial charge in [-0.1, -0.05) is 18.2 Å². The highest BCUT2D eigenvalue weighted by Gasteiger charge is 2.09. The van der Waals surface area contributed by atoms with E-state index in [0.29, 0.717) is 11.1 Å². The summed E-state index contributed by atoms with van der Waals surface area (Å²) in [6.45, 7) is 0. The fourth-order valence-corrected chi connectivity index (χ4v) is 1.42. The smallest absolute Gasteiger partial charge is 0.250 e. The zero-order chi connectivity index (χ0) is 11.5. The quantitative estimate of drug-likeness (QED) is 0.777. The van der Waals surface area contributed by atoms with Crippen molar-refractivity contribution in [3.63, 3.8) is 0 Å². The zero-order valence-corrected chi connectivity index (χ0v) is 8.58. The Morgan fingerprint density at radius 1 is 1.12 bits per heavy atom. The van der Waals surface area contributed by atoms with Gasteiger partial charge in [-0.25, -0.2) is 13.8 Å². The molecule has 2 aromatic rings. The molecule has 0 saturated heterocycles. The van der Waals surface area contributed by atoms with Crippen molar-refractivity contribution in [3.05, 3.63) is 48.2 Å². The van der Waals surface area contributed by atoms with E-state index >= 15 is 0 Å². The molecule has 0 N–H and O–H groups in total. The van der Waals surface area contributed by atoms with Gasteiger partial charge in [-0.3, -0.25) is 0 Å². The number of methoxy groups -OCH3 is 1. The topological polar surface area (TPSA) is 22.1 Å². The zero-order valence-electron chi connectivity index (χ0n) is 8.58. The van der Waals surface area contributed by atoms with Gasteiger partial charge in [-0.05, 0) is 12.1 Å². The lowest BCUT2D eigenvalue weighted by molar-refractivity contribution is 0.369. The highest BCUT2D eigenvalue weighted by molar-refractivity contribution is 5.63. The normalized spacial score (nSPS) is 10.2. The fourth-order valence-electron chi connectivity index (χ4n) is 1.42. The first-order chi connectivity index (χ1) is 7.72. The number of nitrogens with zero attached hydrogens (tertiary/aromatic N) is 1. The third kappa shape index (κ3) is 1.86. The van der Waals surface area contributed by atoms with Crippen LogP contribution in [-0.2, 0) is 0 Å². The van der Waals surface area contributed by atoms with Gasteiger partial charge in [0.1, 0.15) is 5.82 Å². The van der Waals surface area contributed by atoms with Gasteiger partial charge in [0.2, 0.25) is 5.88 Å². The van der Waals surface area contributed by atoms with E-state index in [-0.39, 0.29) is 5.88 Å². The molecule has 0 spiro atoms. The Bertz CT molecular complexity index is 514. The van der Waals surface area contributed by atoms with Crippen LogP contribution in [0.4, 0.5) is 8.78 Å². The van der Waals surface area contributed by atoms with Crippen molar-refractivity contribution in [2.24, 2.45) is 0 Å². The molecule has 0 radical (unpaired) electrons. The average molecular weight is 221 g/mol. The molecule has 0 unspecified atom stereocenters. The highest BCUT2D eigenvalue weighted by Crippen LogP contribution is 2.25. The van der Waals surface area contributed by atoms with Gasteiger partial charge in [-0.2, -0.15) is 0 Å². The molecule has 0 atom stereocenters. The Hall–Kier alpha value is -1.97. The average Bonchev–Trinajstić information content (AvgIpc) is 2.29. The van der Waals surface area contributed by atoms with Crippen LogP contribution < -0.4 is 4.74 Å². The summed E-state index contributed by atoms with van der Waals surface area (Å²) in [4.78, 5) is 3.75. The van der Waals surface area contributed by atoms with Crippen LogP contribution in [0.3, 0.4) is 0 Å². The third-order valence-corrected chi connectivity index (χ3v) is 2.19. The number of halogens is 2. The van der Waals surface area contributed by atoms with Crippen molar-refractivity contribution in [1.82, 2.24) is 4.98 Å². The number of ether oxygens (including phenoxy) is 1. The van der Waals surface area contributed by atoms with Gasteiger partial charge >= 0.3 is 0 Å². The Labute approximate surface area is 91.5 Å². The lowest BCUT2D eigenvalue weighted by atomic mass is 10.1. The summed E-state index contributed by atoms with van der Waals surface area (Å²) in [5.41, 5.74) is 0.702. The van der Waals surface area contributed by atoms with Crippen LogP contribution in [0, 0.1) is 11.6 Å². The van der Waals surface area contributed by atoms with Crippen molar-refractivity contribution >= 4 is 0 Å². The van der Waals surface area contributed by atoms with E-state index in [0.717, 1.165) is 0 Å². The van der Waals surface area contributed by atoms with E-state index in [1.807, 2.05) is 0 Å². The summed E-state index contributed by atoms with van der Waals surface area (Å²) in [6.07, 6.45) is 1.38. The van der Waals surface area contributed by atoms with Gasteiger partial charge in [0.05, 0.1) is 7.11 Å². The second kappa shape index (κ2) is 4.26. The molecule has 1 aromatic carbocycles. The van der Waals surface area contributed by atoms with E-state index in [4.69, 9.17) is 0 Å². The van der Waals surface area contributed by atoms with Crippen LogP contribution in [0.25, 0.3) is 11.1 Å². The van der Waals surface area contributed by atoms with Crippen LogP contribution >= 0.6 is 0 Å². The first kappa shape index (κ1) is 10.5. The Morgan fingerprint density at radius 2 is 1.88 bits per heavy atom. The van der Waals surface area contributed by atoms with Gasteiger partial charge in [0, 0.05) is 17.3 Å². The molecule has 2 rings (SSSR count). The van der Waals surface area contributed by atoms with Gasteiger partial charge in [-0.15, -0.1) is 0 Å². The molecule has 0 saturated carbocycles. The number of pyridine rings is 1. The lowest BCUT2D eigenvalue weighted by Gasteiger charge is -2.05. The van der Waals surface area contributed by atoms with Crippen LogP contribution in [0.15, 0.2) is 36.5 Å². The molecule has 0 aliphatic carbocycles. The maximum atomic E-state index is 13.4. The first-order valence-electron chi connectivity index (χ1n) is 4.67. The summed E-state index contributed by atoms with van der Waals surface area (Å²) < 4.78 is 31.5. The fraction of sp³-hybridized carbons (Fsp3) is 0.0833. The van der Waals surface area contributed by atoms with Crippen LogP contribution in [0.1, 0.15) is 0 Å². The lowest BCUT2D eigenvalue weighted by Crippen LogP contribution is -1.93. The third-order valence-electron chi connectivity index (χ3n) is 2.19. The van der Waals surface area contributed by atoms with Crippen molar-refractivity contribution in [2.45, 2.75) is 0 Å². The number of hydrogen-bond acceptors (Lipinski definition) is 2. The maximum absolute atomic E-state index is 13.4. The molecule has 0 fully saturated rings. The van der Waals surface area contributed by atoms with E-state index in [1.54, 1.807) is 18.2 Å². The molecule has 0 aliphatic heterocycles. The molecule has 1 aromatic heterocycles. The van der Waals surface area contributed by atoms with Gasteiger partial charge in [0.15, 0.2) is 5.82 Å². The number of benzene rings is 1. The number of hydrogen-bond donors (Lipinski definition) is 0. The molecule has 16 heavy (non-hydrogen) atoms. The molecule has 4 heteroatoms. The van der Waals surface area contributed by atoms with E-state index in [9.17, 15) is 8.78 Å². The minimum atomic E-state index is -0.608. The van der Waals surface area contributed by atoms with E-state index < -0.39 is 11.6 Å².